The number of piperidine rings is 1. The average molecular weight is 250 g/mol. The number of anilines is 1. The highest BCUT2D eigenvalue weighted by Crippen LogP contribution is 2.31. The maximum atomic E-state index is 14.2. The summed E-state index contributed by atoms with van der Waals surface area (Å²) in [6.07, 6.45) is 4.27. The lowest BCUT2D eigenvalue weighted by molar-refractivity contribution is 0.473. The fourth-order valence-electron chi connectivity index (χ4n) is 2.82. The Morgan fingerprint density at radius 1 is 1.44 bits per heavy atom. The Morgan fingerprint density at radius 3 is 2.89 bits per heavy atom. The Morgan fingerprint density at radius 2 is 2.22 bits per heavy atom. The Hall–Kier alpha value is -1.09. The number of hydrogen-bond donors (Lipinski definition) is 1. The molecule has 1 aliphatic rings. The molecule has 0 spiro atoms. The molecule has 18 heavy (non-hydrogen) atoms. The molecule has 0 radical (unpaired) electrons. The van der Waals surface area contributed by atoms with E-state index in [9.17, 15) is 4.39 Å². The Bertz CT molecular complexity index is 403. The molecule has 1 heterocycles. The molecule has 0 bridgehead atoms. The number of para-hydroxylation sites is 1. The van der Waals surface area contributed by atoms with Gasteiger partial charge in [0, 0.05) is 18.6 Å². The van der Waals surface area contributed by atoms with E-state index in [4.69, 9.17) is 5.73 Å². The molecule has 1 aliphatic heterocycles. The third kappa shape index (κ3) is 2.83. The van der Waals surface area contributed by atoms with Gasteiger partial charge in [-0.15, -0.1) is 0 Å². The van der Waals surface area contributed by atoms with Crippen molar-refractivity contribution >= 4 is 5.69 Å². The van der Waals surface area contributed by atoms with Gasteiger partial charge in [-0.25, -0.2) is 4.39 Å². The molecule has 3 heteroatoms. The van der Waals surface area contributed by atoms with E-state index in [1.54, 1.807) is 12.1 Å². The van der Waals surface area contributed by atoms with Crippen LogP contribution in [0, 0.1) is 5.82 Å². The van der Waals surface area contributed by atoms with Crippen LogP contribution < -0.4 is 10.6 Å². The zero-order valence-electron chi connectivity index (χ0n) is 11.3. The molecule has 1 fully saturated rings. The summed E-state index contributed by atoms with van der Waals surface area (Å²) in [5.74, 6) is -0.109. The Labute approximate surface area is 109 Å². The van der Waals surface area contributed by atoms with Crippen molar-refractivity contribution in [2.45, 2.75) is 51.6 Å². The summed E-state index contributed by atoms with van der Waals surface area (Å²) in [5, 5.41) is 0. The van der Waals surface area contributed by atoms with Crippen molar-refractivity contribution in [2.75, 3.05) is 11.4 Å². The first-order valence-corrected chi connectivity index (χ1v) is 6.89. The highest BCUT2D eigenvalue weighted by Gasteiger charge is 2.23. The van der Waals surface area contributed by atoms with Crippen LogP contribution in [-0.4, -0.2) is 18.6 Å². The van der Waals surface area contributed by atoms with Crippen molar-refractivity contribution in [1.29, 1.82) is 0 Å². The molecule has 2 N–H and O–H groups in total. The van der Waals surface area contributed by atoms with Crippen molar-refractivity contribution in [3.8, 4) is 0 Å². The minimum absolute atomic E-state index is 0.0608. The predicted octanol–water partition coefficient (Wildman–Crippen LogP) is 3.09. The second kappa shape index (κ2) is 5.70. The van der Waals surface area contributed by atoms with Gasteiger partial charge in [0.25, 0.3) is 0 Å². The first-order chi connectivity index (χ1) is 8.59. The molecule has 0 amide bonds. The summed E-state index contributed by atoms with van der Waals surface area (Å²) in [5.41, 5.74) is 7.69. The van der Waals surface area contributed by atoms with Crippen molar-refractivity contribution in [1.82, 2.24) is 0 Å². The van der Waals surface area contributed by atoms with Crippen LogP contribution >= 0.6 is 0 Å². The van der Waals surface area contributed by atoms with Crippen LogP contribution in [0.1, 0.15) is 38.7 Å². The molecule has 0 aliphatic carbocycles. The van der Waals surface area contributed by atoms with Crippen LogP contribution in [0.25, 0.3) is 0 Å². The minimum Gasteiger partial charge on any atom is -0.366 e. The molecule has 0 saturated carbocycles. The molecule has 2 rings (SSSR count). The molecular formula is C15H23FN2. The number of halogens is 1. The SMILES string of the molecule is CC(N)Cc1cccc(F)c1N1CCCCC1C. The van der Waals surface area contributed by atoms with E-state index in [1.165, 1.54) is 6.42 Å². The zero-order valence-corrected chi connectivity index (χ0v) is 11.3. The number of hydrogen-bond acceptors (Lipinski definition) is 2. The lowest BCUT2D eigenvalue weighted by Crippen LogP contribution is -2.39. The van der Waals surface area contributed by atoms with Crippen LogP contribution in [0.2, 0.25) is 0 Å². The van der Waals surface area contributed by atoms with Crippen LogP contribution in [0.15, 0.2) is 18.2 Å². The topological polar surface area (TPSA) is 29.3 Å². The monoisotopic (exact) mass is 250 g/mol. The number of nitrogens with zero attached hydrogens (tertiary/aromatic N) is 1. The highest BCUT2D eigenvalue weighted by atomic mass is 19.1. The number of rotatable bonds is 3. The minimum atomic E-state index is -0.109. The van der Waals surface area contributed by atoms with E-state index in [0.717, 1.165) is 37.1 Å². The van der Waals surface area contributed by atoms with Crippen molar-refractivity contribution < 1.29 is 4.39 Å². The van der Waals surface area contributed by atoms with E-state index in [0.29, 0.717) is 6.04 Å². The normalized spacial score (nSPS) is 22.0. The maximum Gasteiger partial charge on any atom is 0.146 e. The Balaban J connectivity index is 2.34. The molecule has 1 aromatic rings. The van der Waals surface area contributed by atoms with Gasteiger partial charge in [-0.3, -0.25) is 0 Å². The number of nitrogens with two attached hydrogens (primary N) is 1. The van der Waals surface area contributed by atoms with E-state index in [2.05, 4.69) is 11.8 Å². The van der Waals surface area contributed by atoms with E-state index < -0.39 is 0 Å². The van der Waals surface area contributed by atoms with Crippen molar-refractivity contribution in [3.63, 3.8) is 0 Å². The predicted molar refractivity (Wildman–Crippen MR) is 74.4 cm³/mol. The first kappa shape index (κ1) is 13.3. The van der Waals surface area contributed by atoms with Gasteiger partial charge in [0.1, 0.15) is 5.82 Å². The van der Waals surface area contributed by atoms with Crippen molar-refractivity contribution in [2.24, 2.45) is 5.73 Å². The maximum absolute atomic E-state index is 14.2. The lowest BCUT2D eigenvalue weighted by atomic mass is 9.98. The lowest BCUT2D eigenvalue weighted by Gasteiger charge is -2.37. The summed E-state index contributed by atoms with van der Waals surface area (Å²) in [6.45, 7) is 5.10. The zero-order chi connectivity index (χ0) is 13.1. The van der Waals surface area contributed by atoms with Gasteiger partial charge >= 0.3 is 0 Å². The number of benzene rings is 1. The summed E-state index contributed by atoms with van der Waals surface area (Å²) >= 11 is 0. The molecule has 2 unspecified atom stereocenters. The Kier molecular flexibility index (Phi) is 4.23. The van der Waals surface area contributed by atoms with E-state index in [-0.39, 0.29) is 11.9 Å². The van der Waals surface area contributed by atoms with E-state index >= 15 is 0 Å². The van der Waals surface area contributed by atoms with Crippen molar-refractivity contribution in [3.05, 3.63) is 29.6 Å². The molecule has 2 atom stereocenters. The van der Waals surface area contributed by atoms with Gasteiger partial charge < -0.3 is 10.6 Å². The standard InChI is InChI=1S/C15H23FN2/c1-11(17)10-13-7-5-8-14(16)15(13)18-9-4-3-6-12(18)2/h5,7-8,11-12H,3-4,6,9-10,17H2,1-2H3. The van der Waals surface area contributed by atoms with E-state index in [1.807, 2.05) is 13.0 Å². The molecule has 1 saturated heterocycles. The third-order valence-electron chi connectivity index (χ3n) is 3.70. The molecular weight excluding hydrogens is 227 g/mol. The molecule has 100 valence electrons. The van der Waals surface area contributed by atoms with Crippen LogP contribution in [0.5, 0.6) is 0 Å². The largest absolute Gasteiger partial charge is 0.366 e. The second-order valence-corrected chi connectivity index (χ2v) is 5.47. The average Bonchev–Trinajstić information content (AvgIpc) is 2.30. The fourth-order valence-corrected chi connectivity index (χ4v) is 2.82. The van der Waals surface area contributed by atoms with Gasteiger partial charge in [-0.1, -0.05) is 12.1 Å². The van der Waals surface area contributed by atoms with Crippen LogP contribution in [0.3, 0.4) is 0 Å². The third-order valence-corrected chi connectivity index (χ3v) is 3.70. The summed E-state index contributed by atoms with van der Waals surface area (Å²) < 4.78 is 14.2. The summed E-state index contributed by atoms with van der Waals surface area (Å²) in [7, 11) is 0. The van der Waals surface area contributed by atoms with Crippen LogP contribution in [0.4, 0.5) is 10.1 Å². The van der Waals surface area contributed by atoms with Gasteiger partial charge in [-0.2, -0.15) is 0 Å². The first-order valence-electron chi connectivity index (χ1n) is 6.89. The van der Waals surface area contributed by atoms with Gasteiger partial charge in [0.2, 0.25) is 0 Å². The van der Waals surface area contributed by atoms with Gasteiger partial charge in [0.15, 0.2) is 0 Å². The van der Waals surface area contributed by atoms with Gasteiger partial charge in [0.05, 0.1) is 5.69 Å². The van der Waals surface area contributed by atoms with Gasteiger partial charge in [-0.05, 0) is 51.2 Å². The fraction of sp³-hybridized carbons (Fsp3) is 0.600. The van der Waals surface area contributed by atoms with Crippen LogP contribution in [-0.2, 0) is 6.42 Å². The second-order valence-electron chi connectivity index (χ2n) is 5.47. The highest BCUT2D eigenvalue weighted by molar-refractivity contribution is 5.56. The molecule has 2 nitrogen and oxygen atoms in total. The smallest absolute Gasteiger partial charge is 0.146 e. The molecule has 0 aromatic heterocycles. The molecule has 1 aromatic carbocycles. The quantitative estimate of drug-likeness (QED) is 0.893. The summed E-state index contributed by atoms with van der Waals surface area (Å²) in [4.78, 5) is 2.22. The summed E-state index contributed by atoms with van der Waals surface area (Å²) in [6, 6.07) is 5.82.